The molecule has 1 atom stereocenters. The van der Waals surface area contributed by atoms with Gasteiger partial charge in [0.1, 0.15) is 0 Å². The van der Waals surface area contributed by atoms with Gasteiger partial charge in [0.05, 0.1) is 0 Å². The van der Waals surface area contributed by atoms with Gasteiger partial charge < -0.3 is 10.6 Å². The van der Waals surface area contributed by atoms with Gasteiger partial charge in [0.25, 0.3) is 0 Å². The molecular formula is C13H28N2O. The molecule has 0 aliphatic carbocycles. The Morgan fingerprint density at radius 2 is 1.75 bits per heavy atom. The zero-order chi connectivity index (χ0) is 12.6. The lowest BCUT2D eigenvalue weighted by molar-refractivity contribution is -0.131. The highest BCUT2D eigenvalue weighted by molar-refractivity contribution is 5.76. The molecule has 3 nitrogen and oxygen atoms in total. The predicted octanol–water partition coefficient (Wildman–Crippen LogP) is 2.26. The van der Waals surface area contributed by atoms with Crippen LogP contribution < -0.4 is 5.73 Å². The summed E-state index contributed by atoms with van der Waals surface area (Å²) in [7, 11) is 0. The number of hydrogen-bond donors (Lipinski definition) is 1. The lowest BCUT2D eigenvalue weighted by Gasteiger charge is -2.23. The van der Waals surface area contributed by atoms with E-state index in [4.69, 9.17) is 5.73 Å². The molecule has 96 valence electrons. The Labute approximate surface area is 100 Å². The molecule has 0 radical (unpaired) electrons. The van der Waals surface area contributed by atoms with Gasteiger partial charge in [-0.25, -0.2) is 0 Å². The van der Waals surface area contributed by atoms with Crippen LogP contribution in [0.2, 0.25) is 0 Å². The lowest BCUT2D eigenvalue weighted by atomic mass is 9.88. The Bertz CT molecular complexity index is 188. The van der Waals surface area contributed by atoms with Crippen molar-refractivity contribution in [2.75, 3.05) is 19.6 Å². The van der Waals surface area contributed by atoms with E-state index in [9.17, 15) is 4.79 Å². The third-order valence-corrected chi connectivity index (χ3v) is 3.33. The fourth-order valence-electron chi connectivity index (χ4n) is 2.07. The van der Waals surface area contributed by atoms with Crippen LogP contribution in [0.3, 0.4) is 0 Å². The summed E-state index contributed by atoms with van der Waals surface area (Å²) in [6.07, 6.45) is 2.68. The summed E-state index contributed by atoms with van der Waals surface area (Å²) in [6.45, 7) is 10.8. The largest absolute Gasteiger partial charge is 0.343 e. The summed E-state index contributed by atoms with van der Waals surface area (Å²) in [5.41, 5.74) is 5.59. The Hall–Kier alpha value is -0.570. The molecule has 0 saturated carbocycles. The second kappa shape index (κ2) is 8.57. The first kappa shape index (κ1) is 15.4. The van der Waals surface area contributed by atoms with Crippen LogP contribution in [0.4, 0.5) is 0 Å². The van der Waals surface area contributed by atoms with Crippen LogP contribution in [0.1, 0.15) is 47.0 Å². The van der Waals surface area contributed by atoms with Crippen molar-refractivity contribution < 1.29 is 4.79 Å². The standard InChI is InChI=1S/C13H28N2O/c1-5-15(6-2)13(16)8-7-12(9-10-14)11(3)4/h11-12H,5-10,14H2,1-4H3. The first-order valence-corrected chi connectivity index (χ1v) is 6.54. The molecule has 16 heavy (non-hydrogen) atoms. The number of nitrogens with zero attached hydrogens (tertiary/aromatic N) is 1. The normalized spacial score (nSPS) is 12.9. The van der Waals surface area contributed by atoms with E-state index < -0.39 is 0 Å². The zero-order valence-corrected chi connectivity index (χ0v) is 11.3. The van der Waals surface area contributed by atoms with Crippen LogP contribution in [-0.4, -0.2) is 30.4 Å². The second-order valence-electron chi connectivity index (χ2n) is 4.69. The molecule has 0 bridgehead atoms. The lowest BCUT2D eigenvalue weighted by Crippen LogP contribution is -2.31. The Morgan fingerprint density at radius 3 is 2.12 bits per heavy atom. The highest BCUT2D eigenvalue weighted by Crippen LogP contribution is 2.20. The SMILES string of the molecule is CCN(CC)C(=O)CCC(CCN)C(C)C. The minimum Gasteiger partial charge on any atom is -0.343 e. The van der Waals surface area contributed by atoms with Crippen molar-refractivity contribution >= 4 is 5.91 Å². The molecule has 0 rings (SSSR count). The summed E-state index contributed by atoms with van der Waals surface area (Å²) in [6, 6.07) is 0. The molecule has 3 heteroatoms. The first-order valence-electron chi connectivity index (χ1n) is 6.54. The van der Waals surface area contributed by atoms with Gasteiger partial charge in [-0.3, -0.25) is 4.79 Å². The molecule has 0 aromatic heterocycles. The molecule has 0 saturated heterocycles. The minimum atomic E-state index is 0.285. The molecular weight excluding hydrogens is 200 g/mol. The summed E-state index contributed by atoms with van der Waals surface area (Å²) in [5.74, 6) is 1.49. The van der Waals surface area contributed by atoms with Crippen molar-refractivity contribution in [1.29, 1.82) is 0 Å². The number of hydrogen-bond acceptors (Lipinski definition) is 2. The van der Waals surface area contributed by atoms with Gasteiger partial charge in [-0.2, -0.15) is 0 Å². The van der Waals surface area contributed by atoms with Crippen LogP contribution in [0.25, 0.3) is 0 Å². The van der Waals surface area contributed by atoms with Gasteiger partial charge in [0, 0.05) is 19.5 Å². The van der Waals surface area contributed by atoms with Crippen molar-refractivity contribution in [2.45, 2.75) is 47.0 Å². The molecule has 0 fully saturated rings. The van der Waals surface area contributed by atoms with Gasteiger partial charge >= 0.3 is 0 Å². The Kier molecular flexibility index (Phi) is 8.26. The van der Waals surface area contributed by atoms with Gasteiger partial charge in [-0.1, -0.05) is 13.8 Å². The van der Waals surface area contributed by atoms with Crippen LogP contribution in [0.5, 0.6) is 0 Å². The van der Waals surface area contributed by atoms with Crippen molar-refractivity contribution in [2.24, 2.45) is 17.6 Å². The molecule has 0 aromatic rings. The Morgan fingerprint density at radius 1 is 1.19 bits per heavy atom. The maximum atomic E-state index is 11.8. The van der Waals surface area contributed by atoms with Crippen LogP contribution in [0.15, 0.2) is 0 Å². The van der Waals surface area contributed by atoms with Crippen molar-refractivity contribution in [3.05, 3.63) is 0 Å². The van der Waals surface area contributed by atoms with E-state index >= 15 is 0 Å². The highest BCUT2D eigenvalue weighted by atomic mass is 16.2. The summed E-state index contributed by atoms with van der Waals surface area (Å²) < 4.78 is 0. The van der Waals surface area contributed by atoms with Gasteiger partial charge in [0.2, 0.25) is 5.91 Å². The maximum Gasteiger partial charge on any atom is 0.222 e. The summed E-state index contributed by atoms with van der Waals surface area (Å²) in [4.78, 5) is 13.7. The van der Waals surface area contributed by atoms with Crippen LogP contribution in [-0.2, 0) is 4.79 Å². The molecule has 0 aromatic carbocycles. The number of rotatable bonds is 8. The van der Waals surface area contributed by atoms with Crippen LogP contribution in [0, 0.1) is 11.8 Å². The highest BCUT2D eigenvalue weighted by Gasteiger charge is 2.16. The van der Waals surface area contributed by atoms with Crippen LogP contribution >= 0.6 is 0 Å². The first-order chi connectivity index (χ1) is 7.56. The van der Waals surface area contributed by atoms with Crippen molar-refractivity contribution in [3.8, 4) is 0 Å². The third kappa shape index (κ3) is 5.50. The number of carbonyl (C=O) groups is 1. The molecule has 1 amide bonds. The van der Waals surface area contributed by atoms with E-state index in [0.29, 0.717) is 18.3 Å². The summed E-state index contributed by atoms with van der Waals surface area (Å²) in [5, 5.41) is 0. The average Bonchev–Trinajstić information content (AvgIpc) is 2.25. The van der Waals surface area contributed by atoms with Crippen molar-refractivity contribution in [1.82, 2.24) is 4.90 Å². The average molecular weight is 228 g/mol. The van der Waals surface area contributed by atoms with Gasteiger partial charge in [-0.15, -0.1) is 0 Å². The number of amides is 1. The zero-order valence-electron chi connectivity index (χ0n) is 11.3. The van der Waals surface area contributed by atoms with E-state index in [1.165, 1.54) is 0 Å². The van der Waals surface area contributed by atoms with E-state index in [1.54, 1.807) is 0 Å². The molecule has 2 N–H and O–H groups in total. The molecule has 0 aliphatic heterocycles. The molecule has 0 aliphatic rings. The molecule has 0 heterocycles. The molecule has 1 unspecified atom stereocenters. The Balaban J connectivity index is 4.04. The van der Waals surface area contributed by atoms with Gasteiger partial charge in [-0.05, 0) is 45.1 Å². The quantitative estimate of drug-likeness (QED) is 0.692. The fraction of sp³-hybridized carbons (Fsp3) is 0.923. The maximum absolute atomic E-state index is 11.8. The topological polar surface area (TPSA) is 46.3 Å². The van der Waals surface area contributed by atoms with E-state index in [1.807, 2.05) is 18.7 Å². The third-order valence-electron chi connectivity index (χ3n) is 3.33. The van der Waals surface area contributed by atoms with Crippen molar-refractivity contribution in [3.63, 3.8) is 0 Å². The fourth-order valence-corrected chi connectivity index (χ4v) is 2.07. The number of carbonyl (C=O) groups excluding carboxylic acids is 1. The van der Waals surface area contributed by atoms with E-state index in [2.05, 4.69) is 13.8 Å². The minimum absolute atomic E-state index is 0.285. The van der Waals surface area contributed by atoms with Gasteiger partial charge in [0.15, 0.2) is 0 Å². The smallest absolute Gasteiger partial charge is 0.222 e. The number of nitrogens with two attached hydrogens (primary N) is 1. The predicted molar refractivity (Wildman–Crippen MR) is 69.2 cm³/mol. The monoisotopic (exact) mass is 228 g/mol. The van der Waals surface area contributed by atoms with E-state index in [-0.39, 0.29) is 5.91 Å². The van der Waals surface area contributed by atoms with E-state index in [0.717, 1.165) is 32.5 Å². The second-order valence-corrected chi connectivity index (χ2v) is 4.69. The summed E-state index contributed by atoms with van der Waals surface area (Å²) >= 11 is 0. The molecule has 0 spiro atoms.